The van der Waals surface area contributed by atoms with Gasteiger partial charge in [-0.25, -0.2) is 0 Å². The van der Waals surface area contributed by atoms with Crippen LogP contribution in [-0.4, -0.2) is 553 Å². The molecule has 52 nitrogen and oxygen atoms in total. The van der Waals surface area contributed by atoms with Gasteiger partial charge in [-0.2, -0.15) is 0 Å². The van der Waals surface area contributed by atoms with Crippen LogP contribution in [0.4, 0.5) is 0 Å². The van der Waals surface area contributed by atoms with E-state index in [1.807, 2.05) is 0 Å². The van der Waals surface area contributed by atoms with Crippen LogP contribution in [0.3, 0.4) is 0 Å². The quantitative estimate of drug-likeness (QED) is 0.0309. The molecule has 35 N–H and O–H groups in total. The lowest BCUT2D eigenvalue weighted by atomic mass is 9.86. The van der Waals surface area contributed by atoms with Crippen molar-refractivity contribution < 1.29 is 249 Å². The minimum absolute atomic E-state index is 0.194. The van der Waals surface area contributed by atoms with Crippen LogP contribution in [0.15, 0.2) is 23.3 Å². The van der Waals surface area contributed by atoms with Crippen molar-refractivity contribution in [3.8, 4) is 0 Å². The van der Waals surface area contributed by atoms with Crippen molar-refractivity contribution in [1.82, 2.24) is 10.6 Å². The highest BCUT2D eigenvalue weighted by Crippen LogP contribution is 2.41. The molecule has 53 atom stereocenters. The Kier molecular flexibility index (Phi) is 34.2. The standard InChI is InChI=1S/C68H114N2O50/c1-14-27(69-19-4-17(6-72)54(38(89)30(19)81)114-64-49(100)40(91)57(24(11-77)109-64)117-62-46(97)35(86)31(82)20(7-73)106-62)33(84)44(95)60(104-14)115-55-22(9-75)108-63(48(99)39(55)90)113-53-16(5-71)3-18(29(80)37(53)88)70-28-15(2)105-61(45(96)34(28)85)116-56-23(10-76)110-65(50(101)41(56)92)118-58-25(12-78)111-66(51(102)42(58)93)119-59-26(13-79)112-68(52(103)43(59)94)120-67-47(98)36(87)32(83)21(8-74)107-67/h3-4,14-15,18-103H,5-13H2,1-2H3. The Hall–Kier alpha value is -2.60. The smallest absolute Gasteiger partial charge is 0.189 e. The Bertz CT molecular complexity index is 3220. The third kappa shape index (κ3) is 19.9. The van der Waals surface area contributed by atoms with Gasteiger partial charge in [0.05, 0.1) is 95.8 Å². The van der Waals surface area contributed by atoms with Gasteiger partial charge in [-0.3, -0.25) is 0 Å². The van der Waals surface area contributed by atoms with Crippen LogP contribution in [0.25, 0.3) is 0 Å². The van der Waals surface area contributed by atoms with Crippen LogP contribution < -0.4 is 10.6 Å². The highest BCUT2D eigenvalue weighted by atomic mass is 16.8. The molecule has 9 saturated heterocycles. The maximum atomic E-state index is 11.6. The predicted molar refractivity (Wildman–Crippen MR) is 370 cm³/mol. The van der Waals surface area contributed by atoms with Crippen LogP contribution in [0, 0.1) is 0 Å². The molecule has 0 aromatic heterocycles. The van der Waals surface area contributed by atoms with E-state index in [9.17, 15) is 169 Å². The summed E-state index contributed by atoms with van der Waals surface area (Å²) in [6.07, 6.45) is -91.2. The van der Waals surface area contributed by atoms with Gasteiger partial charge in [-0.1, -0.05) is 12.2 Å². The summed E-state index contributed by atoms with van der Waals surface area (Å²) in [7, 11) is 0. The second-order valence-corrected chi connectivity index (χ2v) is 31.3. The summed E-state index contributed by atoms with van der Waals surface area (Å²) in [6, 6.07) is -5.70. The summed E-state index contributed by atoms with van der Waals surface area (Å²) in [5.41, 5.74) is -0.430. The van der Waals surface area contributed by atoms with E-state index in [0.717, 1.165) is 12.2 Å². The third-order valence-corrected chi connectivity index (χ3v) is 23.5. The number of aliphatic hydroxyl groups excluding tert-OH is 33. The average molecular weight is 1760 g/mol. The Morgan fingerprint density at radius 3 is 0.675 bits per heavy atom. The van der Waals surface area contributed by atoms with Gasteiger partial charge >= 0.3 is 0 Å². The van der Waals surface area contributed by atoms with Gasteiger partial charge in [0.15, 0.2) is 56.6 Å². The van der Waals surface area contributed by atoms with E-state index in [1.54, 1.807) is 0 Å². The first-order valence-corrected chi connectivity index (χ1v) is 38.8. The molecule has 120 heavy (non-hydrogen) atoms. The van der Waals surface area contributed by atoms with E-state index in [-0.39, 0.29) is 11.1 Å². The molecule has 9 heterocycles. The molecule has 0 radical (unpaired) electrons. The highest BCUT2D eigenvalue weighted by Gasteiger charge is 2.61. The van der Waals surface area contributed by atoms with Crippen molar-refractivity contribution in [1.29, 1.82) is 0 Å². The lowest BCUT2D eigenvalue weighted by Crippen LogP contribution is -2.69. The van der Waals surface area contributed by atoms with Gasteiger partial charge in [-0.05, 0) is 25.0 Å². The lowest BCUT2D eigenvalue weighted by Gasteiger charge is -2.49. The monoisotopic (exact) mass is 1760 g/mol. The first-order valence-electron chi connectivity index (χ1n) is 38.8. The largest absolute Gasteiger partial charge is 0.394 e. The summed E-state index contributed by atoms with van der Waals surface area (Å²) < 4.78 is 96.5. The highest BCUT2D eigenvalue weighted by molar-refractivity contribution is 5.25. The van der Waals surface area contributed by atoms with Gasteiger partial charge in [0, 0.05) is 0 Å². The SMILES string of the molecule is CC1OC(OC2C(CO)OC(OC3C(CO)=CC(NC4C(C)OC(OC5C(CO)OC(OC6C(CO)OC(OC7C(CO)OC(OC8OC(CO)C(O)C(O)C8O)C(O)C7O)C(O)C6O)C(O)C5O)C(O)C4O)C(O)C3O)C(O)C2O)C(O)C(O)C1NC1C=C(CO)C(OC2OC(CO)C(OC3OC(CO)C(O)C(O)C3O)C(O)C2O)C(O)C1O. The van der Waals surface area contributed by atoms with Crippen LogP contribution in [0.1, 0.15) is 13.8 Å². The van der Waals surface area contributed by atoms with Crippen LogP contribution in [0.2, 0.25) is 0 Å². The molecule has 0 spiro atoms. The molecule has 0 amide bonds. The number of rotatable bonds is 29. The van der Waals surface area contributed by atoms with Crippen molar-refractivity contribution in [2.75, 3.05) is 59.5 Å². The molecule has 9 fully saturated rings. The normalized spacial score (nSPS) is 53.1. The number of nitrogens with one attached hydrogen (secondary N) is 2. The minimum atomic E-state index is -2.23. The molecule has 9 aliphatic heterocycles. The maximum Gasteiger partial charge on any atom is 0.189 e. The molecule has 11 rings (SSSR count). The number of hydrogen-bond donors (Lipinski definition) is 35. The fourth-order valence-corrected chi connectivity index (χ4v) is 16.4. The van der Waals surface area contributed by atoms with Crippen molar-refractivity contribution in [3.05, 3.63) is 23.3 Å². The second kappa shape index (κ2) is 41.9. The van der Waals surface area contributed by atoms with Crippen molar-refractivity contribution in [3.63, 3.8) is 0 Å². The lowest BCUT2D eigenvalue weighted by molar-refractivity contribution is -0.399. The zero-order chi connectivity index (χ0) is 88.0. The van der Waals surface area contributed by atoms with Crippen molar-refractivity contribution in [2.24, 2.45) is 0 Å². The summed E-state index contributed by atoms with van der Waals surface area (Å²) in [4.78, 5) is 0. The Morgan fingerprint density at radius 2 is 0.433 bits per heavy atom. The first-order chi connectivity index (χ1) is 56.9. The Morgan fingerprint density at radius 1 is 0.225 bits per heavy atom. The molecule has 0 aromatic rings. The van der Waals surface area contributed by atoms with Crippen LogP contribution >= 0.6 is 0 Å². The van der Waals surface area contributed by atoms with E-state index >= 15 is 0 Å². The third-order valence-electron chi connectivity index (χ3n) is 23.5. The Labute approximate surface area is 679 Å². The van der Waals surface area contributed by atoms with E-state index in [0.29, 0.717) is 0 Å². The fourth-order valence-electron chi connectivity index (χ4n) is 16.4. The molecule has 52 heteroatoms. The fraction of sp³-hybridized carbons (Fsp3) is 0.941. The van der Waals surface area contributed by atoms with Gasteiger partial charge in [0.25, 0.3) is 0 Å². The molecule has 0 aromatic carbocycles. The molecular formula is C68H114N2O50. The van der Waals surface area contributed by atoms with Crippen molar-refractivity contribution >= 4 is 0 Å². The van der Waals surface area contributed by atoms with Crippen LogP contribution in [0.5, 0.6) is 0 Å². The second-order valence-electron chi connectivity index (χ2n) is 31.3. The predicted octanol–water partition coefficient (Wildman–Crippen LogP) is -22.6. The molecule has 0 bridgehead atoms. The summed E-state index contributed by atoms with van der Waals surface area (Å²) in [5, 5.41) is 365. The van der Waals surface area contributed by atoms with E-state index in [1.165, 1.54) is 13.8 Å². The minimum Gasteiger partial charge on any atom is -0.394 e. The van der Waals surface area contributed by atoms with E-state index < -0.39 is 384 Å². The average Bonchev–Trinajstić information content (AvgIpc) is 0.776. The summed E-state index contributed by atoms with van der Waals surface area (Å²) >= 11 is 0. The van der Waals surface area contributed by atoms with Crippen molar-refractivity contribution in [2.45, 2.75) is 339 Å². The molecule has 0 saturated carbocycles. The topological polar surface area (TPSA) is 849 Å². The maximum absolute atomic E-state index is 11.6. The summed E-state index contributed by atoms with van der Waals surface area (Å²) in [5.74, 6) is 0. The van der Waals surface area contributed by atoms with Gasteiger partial charge in [0.2, 0.25) is 0 Å². The number of ether oxygens (including phenoxy) is 17. The zero-order valence-electron chi connectivity index (χ0n) is 63.8. The number of aliphatic hydroxyl groups is 33. The molecular weight excluding hydrogens is 1640 g/mol. The van der Waals surface area contributed by atoms with Gasteiger partial charge in [-0.15, -0.1) is 0 Å². The number of hydrogen-bond acceptors (Lipinski definition) is 52. The van der Waals surface area contributed by atoms with Gasteiger partial charge < -0.3 is 260 Å². The molecule has 11 aliphatic rings. The van der Waals surface area contributed by atoms with E-state index in [2.05, 4.69) is 10.6 Å². The molecule has 2 aliphatic carbocycles. The Balaban J connectivity index is 0.651. The molecule has 53 unspecified atom stereocenters. The van der Waals surface area contributed by atoms with Gasteiger partial charge in [0.1, 0.15) is 232 Å². The first kappa shape index (κ1) is 98.0. The summed E-state index contributed by atoms with van der Waals surface area (Å²) in [6.45, 7) is -6.05. The zero-order valence-corrected chi connectivity index (χ0v) is 63.8. The van der Waals surface area contributed by atoms with Crippen LogP contribution in [-0.2, 0) is 80.5 Å². The van der Waals surface area contributed by atoms with E-state index in [4.69, 9.17) is 80.5 Å². The molecule has 696 valence electrons.